The van der Waals surface area contributed by atoms with Crippen LogP contribution >= 0.6 is 0 Å². The van der Waals surface area contributed by atoms with Crippen molar-refractivity contribution in [1.29, 1.82) is 0 Å². The molecule has 1 aliphatic rings. The van der Waals surface area contributed by atoms with Gasteiger partial charge in [-0.3, -0.25) is 0 Å². The van der Waals surface area contributed by atoms with Gasteiger partial charge in [0.2, 0.25) is 0 Å². The largest absolute Gasteiger partial charge is 0.456 e. The van der Waals surface area contributed by atoms with Gasteiger partial charge in [-0.25, -0.2) is 0 Å². The first kappa shape index (κ1) is 91.4. The van der Waals surface area contributed by atoms with Crippen molar-refractivity contribution in [2.75, 3.05) is 4.90 Å². The maximum atomic E-state index is 5.84. The van der Waals surface area contributed by atoms with Crippen LogP contribution in [0.5, 0.6) is 0 Å². The van der Waals surface area contributed by atoms with E-state index in [2.05, 4.69) is 527 Å². The van der Waals surface area contributed by atoms with E-state index >= 15 is 0 Å². The summed E-state index contributed by atoms with van der Waals surface area (Å²) < 4.78 is 21.1. The minimum Gasteiger partial charge on any atom is -0.456 e. The van der Waals surface area contributed by atoms with Gasteiger partial charge < -0.3 is 32.0 Å². The quantitative estimate of drug-likeness (QED) is 0.130. The molecule has 7 nitrogen and oxygen atoms in total. The molecule has 0 saturated carbocycles. The van der Waals surface area contributed by atoms with E-state index < -0.39 is 0 Å². The second kappa shape index (κ2) is 40.5. The molecule has 682 valence electrons. The number of benzene rings is 18. The number of aromatic nitrogens is 4. The van der Waals surface area contributed by atoms with Gasteiger partial charge in [-0.2, -0.15) is 0 Å². The molecule has 0 fully saturated rings. The van der Waals surface area contributed by atoms with E-state index in [1.54, 1.807) is 0 Å². The number of furan rings is 2. The van der Waals surface area contributed by atoms with Crippen molar-refractivity contribution in [3.05, 3.63) is 469 Å². The van der Waals surface area contributed by atoms with Crippen molar-refractivity contribution in [3.8, 4) is 22.7 Å². The molecule has 0 N–H and O–H groups in total. The molecule has 0 saturated heterocycles. The third-order valence-corrected chi connectivity index (χ3v) is 27.0. The van der Waals surface area contributed by atoms with Gasteiger partial charge >= 0.3 is 0 Å². The summed E-state index contributed by atoms with van der Waals surface area (Å²) in [7, 11) is 0. The molecule has 0 atom stereocenters. The van der Waals surface area contributed by atoms with Crippen LogP contribution in [0.3, 0.4) is 0 Å². The number of anilines is 2. The van der Waals surface area contributed by atoms with Crippen molar-refractivity contribution >= 4 is 155 Å². The zero-order valence-electron chi connectivity index (χ0n) is 81.7. The van der Waals surface area contributed by atoms with Crippen LogP contribution in [0, 0.1) is 0 Å². The summed E-state index contributed by atoms with van der Waals surface area (Å²) in [5.41, 5.74) is 32.5. The molecule has 0 bridgehead atoms. The van der Waals surface area contributed by atoms with Crippen LogP contribution in [0.15, 0.2) is 433 Å². The van der Waals surface area contributed by atoms with Gasteiger partial charge in [0.05, 0.1) is 44.1 Å². The van der Waals surface area contributed by atoms with Crippen LogP contribution in [-0.4, -0.2) is 24.3 Å². The summed E-state index contributed by atoms with van der Waals surface area (Å²) in [4.78, 5) is 2.41. The highest BCUT2D eigenvalue weighted by molar-refractivity contribution is 6.14. The number of para-hydroxylation sites is 13. The Bertz CT molecular complexity index is 8320. The van der Waals surface area contributed by atoms with E-state index in [1.807, 2.05) is 30.3 Å². The van der Waals surface area contributed by atoms with Gasteiger partial charge in [0.1, 0.15) is 22.3 Å². The first-order valence-corrected chi connectivity index (χ1v) is 49.1. The first-order valence-electron chi connectivity index (χ1n) is 49.1. The summed E-state index contributed by atoms with van der Waals surface area (Å²) >= 11 is 0. The Morgan fingerprint density at radius 3 is 1.04 bits per heavy atom. The smallest absolute Gasteiger partial charge is 0.135 e. The third kappa shape index (κ3) is 18.2. The molecule has 0 aliphatic carbocycles. The Kier molecular flexibility index (Phi) is 26.8. The molecule has 24 aromatic rings. The predicted octanol–water partition coefficient (Wildman–Crippen LogP) is 37.8. The fraction of sp³-hybridized carbons (Fsp3) is 0.160. The molecule has 6 aromatic heterocycles. The second-order valence-electron chi connectivity index (χ2n) is 38.3. The highest BCUT2D eigenvalue weighted by atomic mass is 16.3. The zero-order valence-corrected chi connectivity index (χ0v) is 81.7. The van der Waals surface area contributed by atoms with Gasteiger partial charge in [-0.15, -0.1) is 0 Å². The van der Waals surface area contributed by atoms with E-state index in [1.165, 1.54) is 187 Å². The predicted molar refractivity (Wildman–Crippen MR) is 594 cm³/mol. The Morgan fingerprint density at radius 1 is 0.188 bits per heavy atom. The normalized spacial score (nSPS) is 11.8. The number of nitrogens with zero attached hydrogens (tertiary/aromatic N) is 5. The van der Waals surface area contributed by atoms with Crippen LogP contribution < -0.4 is 4.90 Å². The Hall–Kier alpha value is -15.7. The minimum atomic E-state index is 0.437. The molecule has 0 amide bonds. The molecule has 0 unspecified atom stereocenters. The second-order valence-corrected chi connectivity index (χ2v) is 38.3. The molecular formula is C131H121N5O2. The maximum absolute atomic E-state index is 5.84. The van der Waals surface area contributed by atoms with E-state index in [4.69, 9.17) is 8.83 Å². The van der Waals surface area contributed by atoms with Crippen molar-refractivity contribution in [2.24, 2.45) is 0 Å². The Labute approximate surface area is 811 Å². The van der Waals surface area contributed by atoms with E-state index in [9.17, 15) is 0 Å². The number of hydrogen-bond donors (Lipinski definition) is 0. The van der Waals surface area contributed by atoms with Crippen LogP contribution in [0.4, 0.5) is 11.4 Å². The Balaban J connectivity index is 0.000000103. The lowest BCUT2D eigenvalue weighted by Crippen LogP contribution is -2.26. The standard InChI is InChI=1S/4C21H19N.C17H17N.2C15H14O/c1-15(2)17-12-8-13-19-18-11-6-7-14-20(18)22(21(17)19)16-9-4-3-5-10-16;1-15(2)17-12-8-14-20-21(17)18-11-6-7-13-19(18)22(20)16-9-4-3-5-10-16;1-15(2)16-12-13-21-19(14-16)18-10-6-7-11-20(18)22(21)17-8-4-3-5-9-17;1-15(2)16-12-13-19-18-10-6-7-11-20(18)22(21(19)14-16)17-8-4-3-5-9-17;1-13(2)18-16-9-5-3-7-14(16)11-12-15-8-4-6-10-17(15)18;1-10(2)11-7-5-9-14-15(11)12-6-3-4-8-13(12)16-14;1-10(2)11-7-8-15-13(9-11)12-5-3-4-6-14(12)16-15/h4*3-15H,1-2H3;3-13H,1-2H3;2*3-10H,1-2H3. The van der Waals surface area contributed by atoms with E-state index in [0.29, 0.717) is 41.5 Å². The highest BCUT2D eigenvalue weighted by Crippen LogP contribution is 2.44. The monoisotopic (exact) mass is 1800 g/mol. The van der Waals surface area contributed by atoms with Crippen molar-refractivity contribution in [2.45, 2.75) is 138 Å². The SMILES string of the molecule is CC(C)N1c2ccccc2C=Cc2ccccc21.CC(C)c1ccc2c(c1)c1ccccc1n2-c1ccccc1.CC(C)c1ccc2c3ccccc3n(-c3ccccc3)c2c1.CC(C)c1ccc2oc3ccccc3c2c1.CC(C)c1cccc2c1c1ccccc1n2-c1ccccc1.CC(C)c1cccc2c3ccccc3n(-c3ccccc3)c12.CC(C)c1cccc2oc3ccccc3c12. The molecule has 7 heterocycles. The molecule has 7 heteroatoms. The average Bonchev–Trinajstić information content (AvgIpc) is 1.60. The summed E-state index contributed by atoms with van der Waals surface area (Å²) in [5.74, 6) is 3.16. The van der Waals surface area contributed by atoms with Gasteiger partial charge in [-0.05, 0) is 233 Å². The lowest BCUT2D eigenvalue weighted by molar-refractivity contribution is 0.668. The summed E-state index contributed by atoms with van der Waals surface area (Å²) in [5, 5.41) is 15.6. The molecule has 25 rings (SSSR count). The number of rotatable bonds is 11. The minimum absolute atomic E-state index is 0.437. The van der Waals surface area contributed by atoms with Crippen molar-refractivity contribution in [3.63, 3.8) is 0 Å². The fourth-order valence-electron chi connectivity index (χ4n) is 20.1. The number of fused-ring (bicyclic) bond motifs is 20. The highest BCUT2D eigenvalue weighted by Gasteiger charge is 2.24. The summed E-state index contributed by atoms with van der Waals surface area (Å²) in [6.07, 6.45) is 4.41. The van der Waals surface area contributed by atoms with Crippen LogP contribution in [0.25, 0.3) is 166 Å². The molecular weight excluding hydrogens is 1680 g/mol. The Morgan fingerprint density at radius 2 is 0.514 bits per heavy atom. The lowest BCUT2D eigenvalue weighted by Gasteiger charge is -2.30. The third-order valence-electron chi connectivity index (χ3n) is 27.0. The first-order chi connectivity index (χ1) is 67.3. The molecule has 18 aromatic carbocycles. The maximum Gasteiger partial charge on any atom is 0.135 e. The van der Waals surface area contributed by atoms with Gasteiger partial charge in [0, 0.05) is 105 Å². The van der Waals surface area contributed by atoms with Crippen molar-refractivity contribution < 1.29 is 8.83 Å². The summed E-state index contributed by atoms with van der Waals surface area (Å²) in [6.45, 7) is 31.4. The molecule has 0 spiro atoms. The van der Waals surface area contributed by atoms with Crippen LogP contribution in [-0.2, 0) is 0 Å². The average molecular weight is 1800 g/mol. The van der Waals surface area contributed by atoms with Crippen molar-refractivity contribution in [1.82, 2.24) is 18.3 Å². The van der Waals surface area contributed by atoms with E-state index in [-0.39, 0.29) is 0 Å². The van der Waals surface area contributed by atoms with Gasteiger partial charge in [0.25, 0.3) is 0 Å². The molecule has 138 heavy (non-hydrogen) atoms. The molecule has 0 radical (unpaired) electrons. The topological polar surface area (TPSA) is 49.2 Å². The van der Waals surface area contributed by atoms with Gasteiger partial charge in [-0.1, -0.05) is 380 Å². The lowest BCUT2D eigenvalue weighted by atomic mass is 9.97. The van der Waals surface area contributed by atoms with E-state index in [0.717, 1.165) is 22.3 Å². The van der Waals surface area contributed by atoms with Crippen LogP contribution in [0.2, 0.25) is 0 Å². The zero-order chi connectivity index (χ0) is 95.2. The van der Waals surface area contributed by atoms with Crippen LogP contribution in [0.1, 0.15) is 177 Å². The molecule has 1 aliphatic heterocycles. The fourth-order valence-corrected chi connectivity index (χ4v) is 20.1. The number of hydrogen-bond acceptors (Lipinski definition) is 3. The summed E-state index contributed by atoms with van der Waals surface area (Å²) in [6, 6.07) is 151. The van der Waals surface area contributed by atoms with Gasteiger partial charge in [0.15, 0.2) is 0 Å².